The molecule has 1 spiro atoms. The maximum atomic E-state index is 11.7. The summed E-state index contributed by atoms with van der Waals surface area (Å²) in [4.78, 5) is 14.5. The average molecular weight is 309 g/mol. The molecule has 2 aliphatic rings. The van der Waals surface area contributed by atoms with Crippen LogP contribution in [0.5, 0.6) is 0 Å². The molecule has 7 heteroatoms. The number of hydrogen-bond acceptors (Lipinski definition) is 5. The molecule has 1 saturated heterocycles. The third-order valence-corrected chi connectivity index (χ3v) is 3.96. The first-order chi connectivity index (χ1) is 10.7. The lowest BCUT2D eigenvalue weighted by atomic mass is 9.99. The second-order valence-electron chi connectivity index (χ2n) is 5.61. The Balaban J connectivity index is 1.99. The quantitative estimate of drug-likeness (QED) is 0.244. The van der Waals surface area contributed by atoms with Crippen LogP contribution in [-0.4, -0.2) is 37.6 Å². The van der Waals surface area contributed by atoms with Gasteiger partial charge in [0.25, 0.3) is 0 Å². The average Bonchev–Trinajstić information content (AvgIpc) is 2.95. The molecule has 22 heavy (non-hydrogen) atoms. The number of nitrogens with zero attached hydrogens (tertiary/aromatic N) is 3. The number of rotatable bonds is 1. The van der Waals surface area contributed by atoms with E-state index in [-0.39, 0.29) is 25.0 Å². The predicted molar refractivity (Wildman–Crippen MR) is 80.0 cm³/mol. The van der Waals surface area contributed by atoms with Gasteiger partial charge in [-0.1, -0.05) is 17.3 Å². The Bertz CT molecular complexity index is 440. The van der Waals surface area contributed by atoms with Gasteiger partial charge >= 0.3 is 5.97 Å². The molecule has 2 heterocycles. The first-order valence-electron chi connectivity index (χ1n) is 7.87. The Morgan fingerprint density at radius 1 is 1.23 bits per heavy atom. The maximum absolute atomic E-state index is 11.7. The van der Waals surface area contributed by atoms with E-state index in [0.717, 1.165) is 32.1 Å². The first-order valence-corrected chi connectivity index (χ1v) is 7.87. The van der Waals surface area contributed by atoms with E-state index in [1.54, 1.807) is 0 Å². The van der Waals surface area contributed by atoms with E-state index in [0.29, 0.717) is 19.6 Å². The molecule has 2 rings (SSSR count). The lowest BCUT2D eigenvalue weighted by Crippen LogP contribution is -2.30. The normalized spacial score (nSPS) is 28.4. The third-order valence-electron chi connectivity index (χ3n) is 3.96. The second-order valence-corrected chi connectivity index (χ2v) is 5.61. The van der Waals surface area contributed by atoms with Crippen LogP contribution in [0.25, 0.3) is 10.4 Å². The fourth-order valence-corrected chi connectivity index (χ4v) is 2.86. The number of ether oxygens (including phenoxy) is 3. The Kier molecular flexibility index (Phi) is 6.71. The zero-order valence-corrected chi connectivity index (χ0v) is 12.8. The highest BCUT2D eigenvalue weighted by atomic mass is 16.7. The van der Waals surface area contributed by atoms with Gasteiger partial charge in [-0.3, -0.25) is 4.79 Å². The summed E-state index contributed by atoms with van der Waals surface area (Å²) in [6.45, 7) is 1.52. The number of carbonyl (C=O) groups excluding carboxylic acids is 1. The first kappa shape index (κ1) is 16.8. The van der Waals surface area contributed by atoms with E-state index in [1.165, 1.54) is 0 Å². The summed E-state index contributed by atoms with van der Waals surface area (Å²) in [6, 6.07) is -0.372. The Morgan fingerprint density at radius 3 is 2.77 bits per heavy atom. The largest absolute Gasteiger partial charge is 0.461 e. The number of cyclic esters (lactones) is 1. The summed E-state index contributed by atoms with van der Waals surface area (Å²) >= 11 is 0. The Labute approximate surface area is 130 Å². The molecule has 7 nitrogen and oxygen atoms in total. The van der Waals surface area contributed by atoms with E-state index in [2.05, 4.69) is 10.0 Å². The summed E-state index contributed by atoms with van der Waals surface area (Å²) in [5.41, 5.74) is 8.63. The molecule has 1 unspecified atom stereocenters. The minimum Gasteiger partial charge on any atom is -0.461 e. The van der Waals surface area contributed by atoms with Gasteiger partial charge in [0.1, 0.15) is 6.61 Å². The van der Waals surface area contributed by atoms with Gasteiger partial charge in [0.15, 0.2) is 5.79 Å². The molecular formula is C15H23N3O4. The monoisotopic (exact) mass is 309 g/mol. The molecule has 0 aliphatic carbocycles. The molecule has 0 aromatic carbocycles. The lowest BCUT2D eigenvalue weighted by Gasteiger charge is -2.28. The van der Waals surface area contributed by atoms with Crippen LogP contribution in [-0.2, 0) is 19.0 Å². The summed E-state index contributed by atoms with van der Waals surface area (Å²) < 4.78 is 16.7. The molecule has 2 aliphatic heterocycles. The van der Waals surface area contributed by atoms with E-state index >= 15 is 0 Å². The van der Waals surface area contributed by atoms with Gasteiger partial charge in [0, 0.05) is 23.8 Å². The van der Waals surface area contributed by atoms with Crippen molar-refractivity contribution in [3.8, 4) is 0 Å². The Morgan fingerprint density at radius 2 is 2.00 bits per heavy atom. The van der Waals surface area contributed by atoms with Crippen molar-refractivity contribution in [3.05, 3.63) is 22.6 Å². The van der Waals surface area contributed by atoms with E-state index in [9.17, 15) is 4.79 Å². The van der Waals surface area contributed by atoms with Crippen molar-refractivity contribution in [3.63, 3.8) is 0 Å². The second kappa shape index (κ2) is 8.78. The van der Waals surface area contributed by atoms with Crippen molar-refractivity contribution in [2.24, 2.45) is 5.11 Å². The third kappa shape index (κ3) is 5.33. The molecule has 0 amide bonds. The lowest BCUT2D eigenvalue weighted by molar-refractivity contribution is -0.168. The van der Waals surface area contributed by atoms with Gasteiger partial charge in [-0.15, -0.1) is 0 Å². The standard InChI is InChI=1S/C15H23N3O4/c16-18-17-13-6-5-8-15(21-10-11-22-15)7-3-1-2-4-9-20-14(19)12-13/h2,4,13H,1,3,5-12H2/b4-2+. The highest BCUT2D eigenvalue weighted by Gasteiger charge is 2.35. The molecule has 0 N–H and O–H groups in total. The van der Waals surface area contributed by atoms with Gasteiger partial charge in [-0.25, -0.2) is 0 Å². The highest BCUT2D eigenvalue weighted by Crippen LogP contribution is 2.32. The number of allylic oxidation sites excluding steroid dienone is 1. The van der Waals surface area contributed by atoms with Crippen molar-refractivity contribution < 1.29 is 19.0 Å². The van der Waals surface area contributed by atoms with Gasteiger partial charge in [-0.2, -0.15) is 0 Å². The zero-order chi connectivity index (χ0) is 15.7. The van der Waals surface area contributed by atoms with Crippen LogP contribution in [0.3, 0.4) is 0 Å². The SMILES string of the molecule is [N-]=[N+]=NC1CCCC2(CCC/C=C/COC(=O)C1)OCCO2. The van der Waals surface area contributed by atoms with E-state index in [1.807, 2.05) is 12.2 Å². The van der Waals surface area contributed by atoms with Crippen molar-refractivity contribution in [1.29, 1.82) is 0 Å². The van der Waals surface area contributed by atoms with Crippen LogP contribution >= 0.6 is 0 Å². The minimum atomic E-state index is -0.501. The van der Waals surface area contributed by atoms with Gasteiger partial charge in [-0.05, 0) is 31.2 Å². The minimum absolute atomic E-state index is 0.118. The maximum Gasteiger partial charge on any atom is 0.306 e. The van der Waals surface area contributed by atoms with Gasteiger partial charge < -0.3 is 14.2 Å². The van der Waals surface area contributed by atoms with Crippen molar-refractivity contribution in [2.45, 2.75) is 56.8 Å². The summed E-state index contributed by atoms with van der Waals surface area (Å²) in [5.74, 6) is -0.832. The van der Waals surface area contributed by atoms with Crippen LogP contribution < -0.4 is 0 Å². The van der Waals surface area contributed by atoms with E-state index in [4.69, 9.17) is 19.7 Å². The van der Waals surface area contributed by atoms with E-state index < -0.39 is 5.79 Å². The number of hydrogen-bond donors (Lipinski definition) is 0. The van der Waals surface area contributed by atoms with Crippen LogP contribution in [0.2, 0.25) is 0 Å². The molecule has 0 radical (unpaired) electrons. The zero-order valence-electron chi connectivity index (χ0n) is 12.8. The van der Waals surface area contributed by atoms with Gasteiger partial charge in [0.05, 0.1) is 19.6 Å². The van der Waals surface area contributed by atoms with Gasteiger partial charge in [0.2, 0.25) is 0 Å². The predicted octanol–water partition coefficient (Wildman–Crippen LogP) is 3.25. The molecule has 0 aromatic rings. The fraction of sp³-hybridized carbons (Fsp3) is 0.800. The topological polar surface area (TPSA) is 93.5 Å². The number of esters is 1. The molecule has 0 bridgehead atoms. The molecule has 0 aromatic heterocycles. The molecule has 0 saturated carbocycles. The highest BCUT2D eigenvalue weighted by molar-refractivity contribution is 5.70. The fourth-order valence-electron chi connectivity index (χ4n) is 2.86. The smallest absolute Gasteiger partial charge is 0.306 e. The molecule has 1 fully saturated rings. The van der Waals surface area contributed by atoms with Crippen molar-refractivity contribution >= 4 is 5.97 Å². The Hall–Kier alpha value is -1.56. The molecule has 122 valence electrons. The molecule has 1 atom stereocenters. The summed E-state index contributed by atoms with van der Waals surface area (Å²) in [7, 11) is 0. The van der Waals surface area contributed by atoms with Crippen LogP contribution in [0.15, 0.2) is 17.3 Å². The number of azide groups is 1. The van der Waals surface area contributed by atoms with Crippen LogP contribution in [0.1, 0.15) is 44.9 Å². The molecular weight excluding hydrogens is 286 g/mol. The van der Waals surface area contributed by atoms with Crippen LogP contribution in [0, 0.1) is 0 Å². The number of carbonyl (C=O) groups is 1. The van der Waals surface area contributed by atoms with Crippen molar-refractivity contribution in [1.82, 2.24) is 0 Å². The summed E-state index contributed by atoms with van der Waals surface area (Å²) in [6.07, 6.45) is 8.86. The van der Waals surface area contributed by atoms with Crippen molar-refractivity contribution in [2.75, 3.05) is 19.8 Å². The summed E-state index contributed by atoms with van der Waals surface area (Å²) in [5, 5.41) is 3.70. The van der Waals surface area contributed by atoms with Crippen LogP contribution in [0.4, 0.5) is 0 Å².